The number of hydrogen-bond donors (Lipinski definition) is 3. The minimum Gasteiger partial charge on any atom is -0.381 e. The summed E-state index contributed by atoms with van der Waals surface area (Å²) >= 11 is 0. The van der Waals surface area contributed by atoms with Gasteiger partial charge in [-0.1, -0.05) is 33.1 Å². The van der Waals surface area contributed by atoms with Crippen LogP contribution in [0.2, 0.25) is 0 Å². The number of nitrogen functional groups attached to an aromatic ring is 2. The van der Waals surface area contributed by atoms with Crippen molar-refractivity contribution in [2.24, 2.45) is 5.92 Å². The van der Waals surface area contributed by atoms with E-state index in [-0.39, 0.29) is 11.9 Å². The van der Waals surface area contributed by atoms with Gasteiger partial charge in [0.05, 0.1) is 0 Å². The fraction of sp³-hybridized carbons (Fsp3) is 0.786. The van der Waals surface area contributed by atoms with E-state index in [0.29, 0.717) is 18.4 Å². The van der Waals surface area contributed by atoms with E-state index in [2.05, 4.69) is 34.1 Å². The third kappa shape index (κ3) is 7.65. The molecular weight excluding hydrogens is 268 g/mol. The van der Waals surface area contributed by atoms with Crippen LogP contribution in [0.5, 0.6) is 0 Å². The summed E-state index contributed by atoms with van der Waals surface area (Å²) in [5.74, 6) is 1.35. The molecule has 0 saturated carbocycles. The molecule has 21 heavy (non-hydrogen) atoms. The number of anilines is 3. The smallest absolute Gasteiger partial charge is 0.229 e. The van der Waals surface area contributed by atoms with Crippen LogP contribution in [0.4, 0.5) is 17.8 Å². The first-order valence-corrected chi connectivity index (χ1v) is 7.74. The second-order valence-electron chi connectivity index (χ2n) is 5.15. The molecule has 0 fully saturated rings. The van der Waals surface area contributed by atoms with Gasteiger partial charge in [-0.15, -0.1) is 0 Å². The molecule has 0 radical (unpaired) electrons. The lowest BCUT2D eigenvalue weighted by atomic mass is 10.0. The number of rotatable bonds is 11. The molecule has 0 aromatic carbocycles. The predicted molar refractivity (Wildman–Crippen MR) is 85.9 cm³/mol. The minimum absolute atomic E-state index is 0.128. The Morgan fingerprint density at radius 1 is 1.10 bits per heavy atom. The average Bonchev–Trinajstić information content (AvgIpc) is 2.44. The van der Waals surface area contributed by atoms with Crippen molar-refractivity contribution in [1.82, 2.24) is 15.0 Å². The lowest BCUT2D eigenvalue weighted by molar-refractivity contribution is 0.0937. The number of aromatic nitrogens is 3. The van der Waals surface area contributed by atoms with E-state index in [9.17, 15) is 0 Å². The van der Waals surface area contributed by atoms with Crippen molar-refractivity contribution in [3.8, 4) is 0 Å². The Balaban J connectivity index is 2.11. The van der Waals surface area contributed by atoms with Crippen LogP contribution in [0, 0.1) is 5.92 Å². The third-order valence-corrected chi connectivity index (χ3v) is 3.32. The first kappa shape index (κ1) is 17.4. The van der Waals surface area contributed by atoms with Gasteiger partial charge in [-0.05, 0) is 18.8 Å². The van der Waals surface area contributed by atoms with Gasteiger partial charge < -0.3 is 21.5 Å². The molecule has 1 atom stereocenters. The lowest BCUT2D eigenvalue weighted by Crippen LogP contribution is -2.13. The largest absolute Gasteiger partial charge is 0.381 e. The summed E-state index contributed by atoms with van der Waals surface area (Å²) in [7, 11) is 0. The number of unbranched alkanes of at least 4 members (excludes halogenated alkanes) is 1. The SMILES string of the molecule is CCCCC(CC)COCCCNc1nc(N)nc(N)n1. The first-order valence-electron chi connectivity index (χ1n) is 7.74. The molecule has 0 saturated heterocycles. The van der Waals surface area contributed by atoms with Crippen LogP contribution in [0.25, 0.3) is 0 Å². The fourth-order valence-electron chi connectivity index (χ4n) is 2.01. The van der Waals surface area contributed by atoms with Crippen molar-refractivity contribution >= 4 is 17.8 Å². The highest BCUT2D eigenvalue weighted by Crippen LogP contribution is 2.12. The minimum atomic E-state index is 0.128. The third-order valence-electron chi connectivity index (χ3n) is 3.32. The Kier molecular flexibility index (Phi) is 8.42. The molecule has 0 aliphatic carbocycles. The van der Waals surface area contributed by atoms with Crippen LogP contribution in [0.15, 0.2) is 0 Å². The molecule has 1 rings (SSSR count). The predicted octanol–water partition coefficient (Wildman–Crippen LogP) is 2.07. The Morgan fingerprint density at radius 3 is 2.43 bits per heavy atom. The van der Waals surface area contributed by atoms with E-state index >= 15 is 0 Å². The quantitative estimate of drug-likeness (QED) is 0.536. The fourth-order valence-corrected chi connectivity index (χ4v) is 2.01. The molecule has 120 valence electrons. The van der Waals surface area contributed by atoms with Crippen molar-refractivity contribution in [3.63, 3.8) is 0 Å². The van der Waals surface area contributed by atoms with Crippen molar-refractivity contribution in [2.45, 2.75) is 46.0 Å². The summed E-state index contributed by atoms with van der Waals surface area (Å²) in [6.45, 7) is 6.74. The number of nitrogens with zero attached hydrogens (tertiary/aromatic N) is 3. The zero-order valence-electron chi connectivity index (χ0n) is 13.1. The number of ether oxygens (including phenoxy) is 1. The zero-order valence-corrected chi connectivity index (χ0v) is 13.1. The van der Waals surface area contributed by atoms with Crippen LogP contribution in [-0.4, -0.2) is 34.7 Å². The molecule has 0 aliphatic rings. The van der Waals surface area contributed by atoms with Gasteiger partial charge in [0.2, 0.25) is 17.8 Å². The standard InChI is InChI=1S/C14H28N6O/c1-3-5-7-11(4-2)10-21-9-6-8-17-14-19-12(15)18-13(16)20-14/h11H,3-10H2,1-2H3,(H5,15,16,17,18,19,20). The maximum Gasteiger partial charge on any atom is 0.229 e. The maximum atomic E-state index is 5.73. The average molecular weight is 296 g/mol. The Hall–Kier alpha value is -1.63. The summed E-state index contributed by atoms with van der Waals surface area (Å²) in [4.78, 5) is 11.6. The van der Waals surface area contributed by atoms with Gasteiger partial charge in [0.25, 0.3) is 0 Å². The topological polar surface area (TPSA) is 112 Å². The lowest BCUT2D eigenvalue weighted by Gasteiger charge is -2.14. The second kappa shape index (κ2) is 10.1. The van der Waals surface area contributed by atoms with Crippen molar-refractivity contribution in [2.75, 3.05) is 36.5 Å². The molecule has 1 unspecified atom stereocenters. The summed E-state index contributed by atoms with van der Waals surface area (Å²) < 4.78 is 5.73. The van der Waals surface area contributed by atoms with Crippen LogP contribution in [0.1, 0.15) is 46.0 Å². The van der Waals surface area contributed by atoms with E-state index in [0.717, 1.165) is 19.6 Å². The molecule has 1 heterocycles. The van der Waals surface area contributed by atoms with E-state index in [1.807, 2.05) is 0 Å². The molecule has 7 nitrogen and oxygen atoms in total. The second-order valence-corrected chi connectivity index (χ2v) is 5.15. The van der Waals surface area contributed by atoms with Crippen LogP contribution >= 0.6 is 0 Å². The summed E-state index contributed by atoms with van der Waals surface area (Å²) in [6.07, 6.45) is 5.86. The monoisotopic (exact) mass is 296 g/mol. The summed E-state index contributed by atoms with van der Waals surface area (Å²) in [5.41, 5.74) is 11.0. The van der Waals surface area contributed by atoms with Crippen molar-refractivity contribution < 1.29 is 4.74 Å². The molecule has 1 aromatic heterocycles. The van der Waals surface area contributed by atoms with Crippen LogP contribution < -0.4 is 16.8 Å². The molecule has 5 N–H and O–H groups in total. The van der Waals surface area contributed by atoms with E-state index in [4.69, 9.17) is 16.2 Å². The van der Waals surface area contributed by atoms with Gasteiger partial charge in [0, 0.05) is 19.8 Å². The summed E-state index contributed by atoms with van der Waals surface area (Å²) in [6, 6.07) is 0. The van der Waals surface area contributed by atoms with Crippen molar-refractivity contribution in [3.05, 3.63) is 0 Å². The Morgan fingerprint density at radius 2 is 1.81 bits per heavy atom. The van der Waals surface area contributed by atoms with Crippen molar-refractivity contribution in [1.29, 1.82) is 0 Å². The van der Waals surface area contributed by atoms with E-state index < -0.39 is 0 Å². The number of hydrogen-bond acceptors (Lipinski definition) is 7. The number of nitrogens with one attached hydrogen (secondary N) is 1. The van der Waals surface area contributed by atoms with Gasteiger partial charge in [0.15, 0.2) is 0 Å². The Bertz CT molecular complexity index is 381. The van der Waals surface area contributed by atoms with E-state index in [1.54, 1.807) is 0 Å². The van der Waals surface area contributed by atoms with Gasteiger partial charge >= 0.3 is 0 Å². The van der Waals surface area contributed by atoms with Crippen LogP contribution in [0.3, 0.4) is 0 Å². The Labute approximate surface area is 126 Å². The normalized spacial score (nSPS) is 12.3. The molecule has 0 aliphatic heterocycles. The van der Waals surface area contributed by atoms with Crippen LogP contribution in [-0.2, 0) is 4.74 Å². The van der Waals surface area contributed by atoms with E-state index in [1.165, 1.54) is 25.7 Å². The highest BCUT2D eigenvalue weighted by molar-refractivity contribution is 5.36. The maximum absolute atomic E-state index is 5.73. The van der Waals surface area contributed by atoms with Gasteiger partial charge in [0.1, 0.15) is 0 Å². The molecule has 7 heteroatoms. The zero-order chi connectivity index (χ0) is 15.5. The molecule has 0 amide bonds. The van der Waals surface area contributed by atoms with Gasteiger partial charge in [-0.3, -0.25) is 0 Å². The highest BCUT2D eigenvalue weighted by Gasteiger charge is 2.05. The molecule has 0 bridgehead atoms. The highest BCUT2D eigenvalue weighted by atomic mass is 16.5. The first-order chi connectivity index (χ1) is 10.2. The number of nitrogens with two attached hydrogens (primary N) is 2. The molecule has 0 spiro atoms. The van der Waals surface area contributed by atoms with Gasteiger partial charge in [-0.2, -0.15) is 15.0 Å². The molecule has 1 aromatic rings. The van der Waals surface area contributed by atoms with Gasteiger partial charge in [-0.25, -0.2) is 0 Å². The molecular formula is C14H28N6O. The summed E-state index contributed by atoms with van der Waals surface area (Å²) in [5, 5.41) is 3.06.